The minimum atomic E-state index is -0.266. The van der Waals surface area contributed by atoms with Gasteiger partial charge in [0.25, 0.3) is 0 Å². The Kier molecular flexibility index (Phi) is 7.54. The average Bonchev–Trinajstić information content (AvgIpc) is 2.71. The minimum absolute atomic E-state index is 0.0000260. The van der Waals surface area contributed by atoms with Gasteiger partial charge in [0, 0.05) is 29.1 Å². The highest BCUT2D eigenvalue weighted by atomic mass is 35.5. The van der Waals surface area contributed by atoms with Crippen LogP contribution in [-0.4, -0.2) is 29.9 Å². The quantitative estimate of drug-likeness (QED) is 0.623. The van der Waals surface area contributed by atoms with Gasteiger partial charge in [0.2, 0.25) is 5.91 Å². The maximum absolute atomic E-state index is 14.0. The highest BCUT2D eigenvalue weighted by molar-refractivity contribution is 6.30. The van der Waals surface area contributed by atoms with Crippen LogP contribution in [0, 0.1) is 11.7 Å². The van der Waals surface area contributed by atoms with Crippen LogP contribution < -0.4 is 5.32 Å². The number of amides is 1. The van der Waals surface area contributed by atoms with E-state index in [1.54, 1.807) is 12.1 Å². The van der Waals surface area contributed by atoms with Gasteiger partial charge in [-0.2, -0.15) is 0 Å². The zero-order chi connectivity index (χ0) is 21.7. The molecule has 0 radical (unpaired) electrons. The largest absolute Gasteiger partial charge is 0.353 e. The normalized spacial score (nSPS) is 17.0. The molecule has 0 saturated carbocycles. The van der Waals surface area contributed by atoms with E-state index in [0.717, 1.165) is 32.4 Å². The van der Waals surface area contributed by atoms with Gasteiger partial charge < -0.3 is 5.32 Å². The molecule has 1 heterocycles. The van der Waals surface area contributed by atoms with Crippen LogP contribution in [-0.2, 0) is 16.8 Å². The fraction of sp³-hybridized carbons (Fsp3) is 0.480. The molecule has 1 aliphatic heterocycles. The van der Waals surface area contributed by atoms with Crippen LogP contribution in [0.2, 0.25) is 5.02 Å². The third-order valence-electron chi connectivity index (χ3n) is 6.13. The van der Waals surface area contributed by atoms with Crippen LogP contribution in [0.1, 0.15) is 51.2 Å². The number of nitrogens with zero attached hydrogens (tertiary/aromatic N) is 1. The second-order valence-corrected chi connectivity index (χ2v) is 9.59. The number of carbonyl (C=O) groups excluding carboxylic acids is 1. The van der Waals surface area contributed by atoms with Gasteiger partial charge in [-0.05, 0) is 62.4 Å². The van der Waals surface area contributed by atoms with Crippen molar-refractivity contribution in [3.63, 3.8) is 0 Å². The third kappa shape index (κ3) is 6.05. The molecule has 1 amide bonds. The Morgan fingerprint density at radius 2 is 1.87 bits per heavy atom. The molecule has 1 saturated heterocycles. The van der Waals surface area contributed by atoms with E-state index in [4.69, 9.17) is 11.6 Å². The third-order valence-corrected chi connectivity index (χ3v) is 6.36. The molecule has 162 valence electrons. The molecule has 1 fully saturated rings. The molecule has 0 bridgehead atoms. The van der Waals surface area contributed by atoms with Crippen molar-refractivity contribution in [3.8, 4) is 0 Å². The molecular weight excluding hydrogens is 399 g/mol. The molecule has 0 spiro atoms. The summed E-state index contributed by atoms with van der Waals surface area (Å²) in [6.07, 6.45) is 2.49. The van der Waals surface area contributed by atoms with E-state index in [9.17, 15) is 9.18 Å². The van der Waals surface area contributed by atoms with E-state index in [1.807, 2.05) is 6.07 Å². The van der Waals surface area contributed by atoms with Gasteiger partial charge in [-0.1, -0.05) is 61.8 Å². The van der Waals surface area contributed by atoms with E-state index in [1.165, 1.54) is 11.6 Å². The summed E-state index contributed by atoms with van der Waals surface area (Å²) >= 11 is 5.83. The topological polar surface area (TPSA) is 32.3 Å². The van der Waals surface area contributed by atoms with Crippen LogP contribution in [0.4, 0.5) is 4.39 Å². The van der Waals surface area contributed by atoms with Crippen molar-refractivity contribution in [3.05, 3.63) is 70.5 Å². The zero-order valence-electron chi connectivity index (χ0n) is 18.1. The van der Waals surface area contributed by atoms with Gasteiger partial charge in [0.1, 0.15) is 5.82 Å². The van der Waals surface area contributed by atoms with Crippen molar-refractivity contribution in [1.82, 2.24) is 10.2 Å². The van der Waals surface area contributed by atoms with Crippen molar-refractivity contribution in [2.24, 2.45) is 5.92 Å². The molecule has 2 aromatic carbocycles. The Labute approximate surface area is 184 Å². The average molecular weight is 431 g/mol. The van der Waals surface area contributed by atoms with Gasteiger partial charge in [-0.25, -0.2) is 4.39 Å². The first-order chi connectivity index (χ1) is 14.2. The first-order valence-electron chi connectivity index (χ1n) is 10.8. The molecule has 2 aromatic rings. The lowest BCUT2D eigenvalue weighted by atomic mass is 9.79. The summed E-state index contributed by atoms with van der Waals surface area (Å²) in [5.41, 5.74) is 1.94. The highest BCUT2D eigenvalue weighted by Crippen LogP contribution is 2.28. The molecule has 30 heavy (non-hydrogen) atoms. The van der Waals surface area contributed by atoms with Crippen molar-refractivity contribution in [1.29, 1.82) is 0 Å². The number of piperidine rings is 1. The summed E-state index contributed by atoms with van der Waals surface area (Å²) in [6, 6.07) is 15.4. The van der Waals surface area contributed by atoms with Crippen molar-refractivity contribution >= 4 is 17.5 Å². The molecule has 3 nitrogen and oxygen atoms in total. The van der Waals surface area contributed by atoms with Gasteiger partial charge in [-0.3, -0.25) is 9.69 Å². The predicted octanol–water partition coefficient (Wildman–Crippen LogP) is 5.56. The maximum Gasteiger partial charge on any atom is 0.223 e. The van der Waals surface area contributed by atoms with Gasteiger partial charge in [-0.15, -0.1) is 0 Å². The number of rotatable bonds is 7. The standard InChI is InChI=1S/C25H32ClFN2O/c1-18(16-25(2,3)21-7-5-4-6-8-21)28-24(30)19-11-13-29(14-12-19)17-20-9-10-22(26)15-23(20)27/h4-10,15,18-19H,11-14,16-17H2,1-3H3,(H,28,30)/t18-/m1/s1. The first kappa shape index (κ1) is 22.8. The second kappa shape index (κ2) is 9.93. The van der Waals surface area contributed by atoms with Crippen molar-refractivity contribution in [2.75, 3.05) is 13.1 Å². The first-order valence-corrected chi connectivity index (χ1v) is 11.1. The number of benzene rings is 2. The van der Waals surface area contributed by atoms with Crippen LogP contribution in [0.15, 0.2) is 48.5 Å². The van der Waals surface area contributed by atoms with E-state index in [0.29, 0.717) is 17.1 Å². The van der Waals surface area contributed by atoms with Crippen LogP contribution in [0.5, 0.6) is 0 Å². The summed E-state index contributed by atoms with van der Waals surface area (Å²) in [5.74, 6) is -0.0977. The Bertz CT molecular complexity index is 847. The van der Waals surface area contributed by atoms with E-state index in [2.05, 4.69) is 55.3 Å². The highest BCUT2D eigenvalue weighted by Gasteiger charge is 2.28. The van der Waals surface area contributed by atoms with Crippen LogP contribution in [0.3, 0.4) is 0 Å². The number of halogens is 2. The molecule has 0 aliphatic carbocycles. The van der Waals surface area contributed by atoms with E-state index >= 15 is 0 Å². The Morgan fingerprint density at radius 3 is 2.50 bits per heavy atom. The molecule has 0 aromatic heterocycles. The number of likely N-dealkylation sites (tertiary alicyclic amines) is 1. The lowest BCUT2D eigenvalue weighted by molar-refractivity contribution is -0.127. The smallest absolute Gasteiger partial charge is 0.223 e. The number of hydrogen-bond donors (Lipinski definition) is 1. The lowest BCUT2D eigenvalue weighted by Gasteiger charge is -2.33. The predicted molar refractivity (Wildman–Crippen MR) is 121 cm³/mol. The molecule has 3 rings (SSSR count). The van der Waals surface area contributed by atoms with Crippen molar-refractivity contribution in [2.45, 2.75) is 58.0 Å². The fourth-order valence-electron chi connectivity index (χ4n) is 4.43. The minimum Gasteiger partial charge on any atom is -0.353 e. The van der Waals surface area contributed by atoms with Gasteiger partial charge in [0.15, 0.2) is 0 Å². The number of nitrogens with one attached hydrogen (secondary N) is 1. The maximum atomic E-state index is 14.0. The van der Waals surface area contributed by atoms with Crippen molar-refractivity contribution < 1.29 is 9.18 Å². The summed E-state index contributed by atoms with van der Waals surface area (Å²) in [6.45, 7) is 8.67. The van der Waals surface area contributed by atoms with Crippen LogP contribution >= 0.6 is 11.6 Å². The summed E-state index contributed by atoms with van der Waals surface area (Å²) in [5, 5.41) is 3.64. The summed E-state index contributed by atoms with van der Waals surface area (Å²) in [7, 11) is 0. The Balaban J connectivity index is 1.47. The monoisotopic (exact) mass is 430 g/mol. The molecule has 0 unspecified atom stereocenters. The van der Waals surface area contributed by atoms with Crippen LogP contribution in [0.25, 0.3) is 0 Å². The SMILES string of the molecule is C[C@H](CC(C)(C)c1ccccc1)NC(=O)C1CCN(Cc2ccc(Cl)cc2F)CC1. The zero-order valence-corrected chi connectivity index (χ0v) is 18.9. The molecule has 1 aliphatic rings. The molecule has 1 N–H and O–H groups in total. The van der Waals surface area contributed by atoms with Gasteiger partial charge in [0.05, 0.1) is 0 Å². The lowest BCUT2D eigenvalue weighted by Crippen LogP contribution is -2.44. The van der Waals surface area contributed by atoms with Gasteiger partial charge >= 0.3 is 0 Å². The summed E-state index contributed by atoms with van der Waals surface area (Å²) < 4.78 is 14.0. The number of carbonyl (C=O) groups is 1. The van der Waals surface area contributed by atoms with E-state index < -0.39 is 0 Å². The van der Waals surface area contributed by atoms with E-state index in [-0.39, 0.29) is 29.1 Å². The molecule has 1 atom stereocenters. The Hall–Kier alpha value is -1.91. The molecule has 5 heteroatoms. The number of hydrogen-bond acceptors (Lipinski definition) is 2. The summed E-state index contributed by atoms with van der Waals surface area (Å²) in [4.78, 5) is 15.0. The molecular formula is C25H32ClFN2O. The second-order valence-electron chi connectivity index (χ2n) is 9.15. The fourth-order valence-corrected chi connectivity index (χ4v) is 4.59. The Morgan fingerprint density at radius 1 is 1.20 bits per heavy atom.